The van der Waals surface area contributed by atoms with Crippen molar-refractivity contribution in [1.82, 2.24) is 14.7 Å². The maximum atomic E-state index is 12.0. The Balaban J connectivity index is 1.95. The Hall–Kier alpha value is -1.85. The first-order chi connectivity index (χ1) is 7.97. The van der Waals surface area contributed by atoms with Crippen LogP contribution in [0.2, 0.25) is 0 Å². The van der Waals surface area contributed by atoms with E-state index in [9.17, 15) is 9.59 Å². The standard InChI is InChI=1S/C11H15N3O3/c1-7-3-9(13(2)12-7)11(17)14-5-8(6-14)4-10(15)16/h3,8H,4-6H2,1-2H3,(H,15,16). The zero-order valence-electron chi connectivity index (χ0n) is 9.88. The lowest BCUT2D eigenvalue weighted by Crippen LogP contribution is -2.51. The average Bonchev–Trinajstić information content (AvgIpc) is 2.49. The Labute approximate surface area is 98.8 Å². The minimum atomic E-state index is -0.807. The highest BCUT2D eigenvalue weighted by Crippen LogP contribution is 2.21. The highest BCUT2D eigenvalue weighted by molar-refractivity contribution is 5.93. The first kappa shape index (κ1) is 11.6. The van der Waals surface area contributed by atoms with Crippen molar-refractivity contribution in [1.29, 1.82) is 0 Å². The maximum absolute atomic E-state index is 12.0. The summed E-state index contributed by atoms with van der Waals surface area (Å²) >= 11 is 0. The van der Waals surface area contributed by atoms with Crippen LogP contribution >= 0.6 is 0 Å². The number of carboxylic acid groups (broad SMARTS) is 1. The van der Waals surface area contributed by atoms with Crippen molar-refractivity contribution in [3.05, 3.63) is 17.5 Å². The molecule has 0 bridgehead atoms. The third-order valence-corrected chi connectivity index (χ3v) is 2.93. The molecule has 92 valence electrons. The van der Waals surface area contributed by atoms with Crippen LogP contribution in [-0.2, 0) is 11.8 Å². The van der Waals surface area contributed by atoms with Gasteiger partial charge in [-0.05, 0) is 13.0 Å². The Kier molecular flexibility index (Phi) is 2.87. The molecule has 1 aromatic rings. The van der Waals surface area contributed by atoms with E-state index in [0.29, 0.717) is 18.8 Å². The molecule has 0 aliphatic carbocycles. The van der Waals surface area contributed by atoms with Crippen LogP contribution in [0.4, 0.5) is 0 Å². The van der Waals surface area contributed by atoms with E-state index in [-0.39, 0.29) is 18.2 Å². The minimum Gasteiger partial charge on any atom is -0.481 e. The second-order valence-corrected chi connectivity index (χ2v) is 4.47. The topological polar surface area (TPSA) is 75.4 Å². The maximum Gasteiger partial charge on any atom is 0.303 e. The number of rotatable bonds is 3. The van der Waals surface area contributed by atoms with Gasteiger partial charge in [-0.3, -0.25) is 14.3 Å². The summed E-state index contributed by atoms with van der Waals surface area (Å²) in [6.45, 7) is 2.88. The summed E-state index contributed by atoms with van der Waals surface area (Å²) in [5.41, 5.74) is 1.36. The molecule has 0 spiro atoms. The van der Waals surface area contributed by atoms with Crippen molar-refractivity contribution in [3.63, 3.8) is 0 Å². The lowest BCUT2D eigenvalue weighted by atomic mass is 9.96. The molecule has 1 N–H and O–H groups in total. The fourth-order valence-corrected chi connectivity index (χ4v) is 2.08. The number of aromatic nitrogens is 2. The van der Waals surface area contributed by atoms with Crippen molar-refractivity contribution in [2.75, 3.05) is 13.1 Å². The SMILES string of the molecule is Cc1cc(C(=O)N2CC(CC(=O)O)C2)n(C)n1. The van der Waals surface area contributed by atoms with Crippen molar-refractivity contribution in [3.8, 4) is 0 Å². The van der Waals surface area contributed by atoms with Crippen LogP contribution in [0.25, 0.3) is 0 Å². The minimum absolute atomic E-state index is 0.0743. The van der Waals surface area contributed by atoms with Crippen LogP contribution in [0.3, 0.4) is 0 Å². The third-order valence-electron chi connectivity index (χ3n) is 2.93. The Morgan fingerprint density at radius 1 is 1.53 bits per heavy atom. The van der Waals surface area contributed by atoms with Gasteiger partial charge in [0.15, 0.2) is 0 Å². The van der Waals surface area contributed by atoms with E-state index in [0.717, 1.165) is 5.69 Å². The van der Waals surface area contributed by atoms with Crippen LogP contribution in [-0.4, -0.2) is 44.8 Å². The molecular formula is C11H15N3O3. The van der Waals surface area contributed by atoms with Gasteiger partial charge in [0.05, 0.1) is 12.1 Å². The molecule has 0 radical (unpaired) electrons. The number of hydrogen-bond donors (Lipinski definition) is 1. The summed E-state index contributed by atoms with van der Waals surface area (Å²) in [7, 11) is 1.73. The molecule has 1 aromatic heterocycles. The molecule has 0 atom stereocenters. The number of aliphatic carboxylic acids is 1. The largest absolute Gasteiger partial charge is 0.481 e. The normalized spacial score (nSPS) is 15.8. The number of carbonyl (C=O) groups excluding carboxylic acids is 1. The van der Waals surface area contributed by atoms with E-state index >= 15 is 0 Å². The summed E-state index contributed by atoms with van der Waals surface area (Å²) in [6, 6.07) is 1.74. The molecular weight excluding hydrogens is 222 g/mol. The second kappa shape index (κ2) is 4.20. The van der Waals surface area contributed by atoms with Crippen molar-refractivity contribution in [2.45, 2.75) is 13.3 Å². The predicted octanol–water partition coefficient (Wildman–Crippen LogP) is 0.275. The molecule has 17 heavy (non-hydrogen) atoms. The van der Waals surface area contributed by atoms with Gasteiger partial charge in [-0.2, -0.15) is 5.10 Å². The predicted molar refractivity (Wildman–Crippen MR) is 59.6 cm³/mol. The number of carboxylic acids is 1. The van der Waals surface area contributed by atoms with Gasteiger partial charge in [0, 0.05) is 26.1 Å². The summed E-state index contributed by atoms with van der Waals surface area (Å²) in [5, 5.41) is 12.7. The van der Waals surface area contributed by atoms with Gasteiger partial charge >= 0.3 is 5.97 Å². The van der Waals surface area contributed by atoms with E-state index in [1.807, 2.05) is 6.92 Å². The van der Waals surface area contributed by atoms with Gasteiger partial charge < -0.3 is 10.0 Å². The first-order valence-corrected chi connectivity index (χ1v) is 5.49. The van der Waals surface area contributed by atoms with Gasteiger partial charge in [0.25, 0.3) is 5.91 Å². The summed E-state index contributed by atoms with van der Waals surface area (Å²) in [4.78, 5) is 24.2. The van der Waals surface area contributed by atoms with E-state index in [1.165, 1.54) is 0 Å². The third kappa shape index (κ3) is 2.30. The molecule has 1 amide bonds. The van der Waals surface area contributed by atoms with Crippen LogP contribution in [0.1, 0.15) is 22.6 Å². The number of hydrogen-bond acceptors (Lipinski definition) is 3. The summed E-state index contributed by atoms with van der Waals surface area (Å²) < 4.78 is 1.56. The molecule has 2 heterocycles. The lowest BCUT2D eigenvalue weighted by molar-refractivity contribution is -0.139. The number of nitrogens with zero attached hydrogens (tertiary/aromatic N) is 3. The van der Waals surface area contributed by atoms with Crippen molar-refractivity contribution in [2.24, 2.45) is 13.0 Å². The molecule has 1 fully saturated rings. The molecule has 0 saturated carbocycles. The number of likely N-dealkylation sites (tertiary alicyclic amines) is 1. The Morgan fingerprint density at radius 2 is 2.18 bits per heavy atom. The first-order valence-electron chi connectivity index (χ1n) is 5.49. The van der Waals surface area contributed by atoms with Crippen molar-refractivity contribution >= 4 is 11.9 Å². The Morgan fingerprint density at radius 3 is 2.65 bits per heavy atom. The quantitative estimate of drug-likeness (QED) is 0.819. The van der Waals surface area contributed by atoms with Gasteiger partial charge in [-0.15, -0.1) is 0 Å². The van der Waals surface area contributed by atoms with Gasteiger partial charge in [0.1, 0.15) is 5.69 Å². The molecule has 1 aliphatic heterocycles. The second-order valence-electron chi connectivity index (χ2n) is 4.47. The highest BCUT2D eigenvalue weighted by atomic mass is 16.4. The van der Waals surface area contributed by atoms with Crippen molar-refractivity contribution < 1.29 is 14.7 Å². The van der Waals surface area contributed by atoms with E-state index in [4.69, 9.17) is 5.11 Å². The molecule has 1 saturated heterocycles. The van der Waals surface area contributed by atoms with E-state index in [1.54, 1.807) is 22.7 Å². The number of carbonyl (C=O) groups is 2. The van der Waals surface area contributed by atoms with E-state index < -0.39 is 5.97 Å². The van der Waals surface area contributed by atoms with Crippen LogP contribution in [0.15, 0.2) is 6.07 Å². The summed E-state index contributed by atoms with van der Waals surface area (Å²) in [6.07, 6.45) is 0.133. The van der Waals surface area contributed by atoms with Gasteiger partial charge in [0.2, 0.25) is 0 Å². The zero-order chi connectivity index (χ0) is 12.6. The van der Waals surface area contributed by atoms with Crippen LogP contribution in [0, 0.1) is 12.8 Å². The molecule has 0 aromatic carbocycles. The zero-order valence-corrected chi connectivity index (χ0v) is 9.88. The van der Waals surface area contributed by atoms with Gasteiger partial charge in [-0.1, -0.05) is 0 Å². The lowest BCUT2D eigenvalue weighted by Gasteiger charge is -2.38. The molecule has 6 nitrogen and oxygen atoms in total. The van der Waals surface area contributed by atoms with Crippen LogP contribution in [0.5, 0.6) is 0 Å². The monoisotopic (exact) mass is 237 g/mol. The molecule has 6 heteroatoms. The van der Waals surface area contributed by atoms with E-state index in [2.05, 4.69) is 5.10 Å². The number of amides is 1. The fourth-order valence-electron chi connectivity index (χ4n) is 2.08. The molecule has 0 unspecified atom stereocenters. The van der Waals surface area contributed by atoms with Crippen LogP contribution < -0.4 is 0 Å². The number of aryl methyl sites for hydroxylation is 2. The average molecular weight is 237 g/mol. The summed E-state index contributed by atoms with van der Waals surface area (Å²) in [5.74, 6) is -0.793. The Bertz CT molecular complexity index is 461. The smallest absolute Gasteiger partial charge is 0.303 e. The fraction of sp³-hybridized carbons (Fsp3) is 0.545. The van der Waals surface area contributed by atoms with Gasteiger partial charge in [-0.25, -0.2) is 0 Å². The molecule has 1 aliphatic rings. The highest BCUT2D eigenvalue weighted by Gasteiger charge is 2.33. The molecule has 2 rings (SSSR count).